The molecule has 1 atom stereocenters. The summed E-state index contributed by atoms with van der Waals surface area (Å²) in [5.74, 6) is -5.51. The number of imidazole rings is 1. The molecule has 0 amide bonds. The number of carboxylic acids is 2. The predicted molar refractivity (Wildman–Crippen MR) is 126 cm³/mol. The van der Waals surface area contributed by atoms with E-state index in [1.165, 1.54) is 15.4 Å². The second-order valence-electron chi connectivity index (χ2n) is 8.10. The van der Waals surface area contributed by atoms with Gasteiger partial charge in [-0.3, -0.25) is 9.88 Å². The lowest BCUT2D eigenvalue weighted by molar-refractivity contribution is -0.193. The van der Waals surface area contributed by atoms with Gasteiger partial charge in [0.25, 0.3) is 0 Å². The van der Waals surface area contributed by atoms with Gasteiger partial charge in [-0.25, -0.2) is 14.6 Å². The Kier molecular flexibility index (Phi) is 11.4. The van der Waals surface area contributed by atoms with Crippen LogP contribution in [-0.2, 0) is 34.0 Å². The fraction of sp³-hybridized carbons (Fsp3) is 0.391. The molecule has 0 fully saturated rings. The SMILES string of the molecule is Cc1ccc(CN2Cc3cncn3C(COCc3ccncc3)C2)s1.O=C(O)C(F)(F)F.O=C(O)C(F)(F)F. The molecule has 1 aliphatic heterocycles. The Bertz CT molecular complexity index is 1180. The van der Waals surface area contributed by atoms with Gasteiger partial charge in [0.1, 0.15) is 0 Å². The van der Waals surface area contributed by atoms with Crippen LogP contribution < -0.4 is 0 Å². The Hall–Kier alpha value is -3.50. The van der Waals surface area contributed by atoms with Crippen molar-refractivity contribution in [1.82, 2.24) is 19.4 Å². The van der Waals surface area contributed by atoms with E-state index in [-0.39, 0.29) is 0 Å². The van der Waals surface area contributed by atoms with E-state index in [1.54, 1.807) is 12.4 Å². The van der Waals surface area contributed by atoms with E-state index in [0.29, 0.717) is 19.3 Å². The van der Waals surface area contributed by atoms with Crippen molar-refractivity contribution >= 4 is 23.3 Å². The fourth-order valence-electron chi connectivity index (χ4n) is 3.30. The first-order valence-corrected chi connectivity index (χ1v) is 11.8. The van der Waals surface area contributed by atoms with Crippen LogP contribution in [0.3, 0.4) is 0 Å². The van der Waals surface area contributed by atoms with Crippen LogP contribution in [0.4, 0.5) is 26.3 Å². The highest BCUT2D eigenvalue weighted by atomic mass is 32.1. The molecule has 4 rings (SSSR count). The fourth-order valence-corrected chi connectivity index (χ4v) is 4.23. The van der Waals surface area contributed by atoms with Gasteiger partial charge in [-0.1, -0.05) is 0 Å². The maximum Gasteiger partial charge on any atom is 0.490 e. The molecule has 3 aromatic rings. The summed E-state index contributed by atoms with van der Waals surface area (Å²) in [6.45, 7) is 6.38. The molecule has 0 aliphatic carbocycles. The van der Waals surface area contributed by atoms with Crippen molar-refractivity contribution in [2.45, 2.75) is 45.0 Å². The number of alkyl halides is 6. The molecule has 0 saturated heterocycles. The second kappa shape index (κ2) is 14.0. The lowest BCUT2D eigenvalue weighted by Gasteiger charge is -2.34. The molecule has 9 nitrogen and oxygen atoms in total. The number of nitrogens with zero attached hydrogens (tertiary/aromatic N) is 4. The molecule has 39 heavy (non-hydrogen) atoms. The molecule has 0 radical (unpaired) electrons. The van der Waals surface area contributed by atoms with E-state index in [1.807, 2.05) is 36.0 Å². The Balaban J connectivity index is 0.000000317. The van der Waals surface area contributed by atoms with Gasteiger partial charge in [0.05, 0.1) is 31.3 Å². The summed E-state index contributed by atoms with van der Waals surface area (Å²) in [6.07, 6.45) is -2.65. The number of fused-ring (bicyclic) bond motifs is 1. The van der Waals surface area contributed by atoms with Gasteiger partial charge < -0.3 is 19.5 Å². The minimum atomic E-state index is -5.08. The van der Waals surface area contributed by atoms with Crippen LogP contribution in [0.1, 0.15) is 27.1 Å². The Labute approximate surface area is 222 Å². The highest BCUT2D eigenvalue weighted by Crippen LogP contribution is 2.25. The largest absolute Gasteiger partial charge is 0.490 e. The average molecular weight is 583 g/mol. The molecule has 0 saturated carbocycles. The lowest BCUT2D eigenvalue weighted by Crippen LogP contribution is -2.38. The number of aryl methyl sites for hydroxylation is 1. The molecule has 0 bridgehead atoms. The third-order valence-corrected chi connectivity index (χ3v) is 5.97. The van der Waals surface area contributed by atoms with E-state index < -0.39 is 24.3 Å². The number of rotatable bonds is 6. The summed E-state index contributed by atoms with van der Waals surface area (Å²) in [7, 11) is 0. The van der Waals surface area contributed by atoms with Crippen molar-refractivity contribution in [3.63, 3.8) is 0 Å². The number of pyridine rings is 1. The molecule has 4 heterocycles. The second-order valence-corrected chi connectivity index (χ2v) is 9.48. The van der Waals surface area contributed by atoms with Crippen LogP contribution in [0.15, 0.2) is 49.2 Å². The zero-order chi connectivity index (χ0) is 29.2. The van der Waals surface area contributed by atoms with E-state index in [4.69, 9.17) is 24.5 Å². The van der Waals surface area contributed by atoms with Crippen molar-refractivity contribution in [2.24, 2.45) is 0 Å². The minimum absolute atomic E-state index is 0.300. The van der Waals surface area contributed by atoms with Gasteiger partial charge in [0.15, 0.2) is 0 Å². The van der Waals surface area contributed by atoms with Crippen LogP contribution in [-0.4, -0.2) is 67.1 Å². The van der Waals surface area contributed by atoms with Crippen molar-refractivity contribution in [3.8, 4) is 0 Å². The molecule has 2 N–H and O–H groups in total. The predicted octanol–water partition coefficient (Wildman–Crippen LogP) is 4.69. The maximum atomic E-state index is 10.6. The Morgan fingerprint density at radius 1 is 1.03 bits per heavy atom. The number of thiophene rings is 1. The van der Waals surface area contributed by atoms with Crippen LogP contribution >= 0.6 is 11.3 Å². The Morgan fingerprint density at radius 2 is 1.62 bits per heavy atom. The minimum Gasteiger partial charge on any atom is -0.475 e. The first-order chi connectivity index (χ1) is 18.2. The van der Waals surface area contributed by atoms with Crippen LogP contribution in [0, 0.1) is 6.92 Å². The van der Waals surface area contributed by atoms with E-state index in [0.717, 1.165) is 25.2 Å². The zero-order valence-electron chi connectivity index (χ0n) is 20.3. The summed E-state index contributed by atoms with van der Waals surface area (Å²) < 4.78 is 71.7. The number of ether oxygens (including phenoxy) is 1. The van der Waals surface area contributed by atoms with Crippen molar-refractivity contribution in [2.75, 3.05) is 13.2 Å². The van der Waals surface area contributed by atoms with Crippen LogP contribution in [0.2, 0.25) is 0 Å². The van der Waals surface area contributed by atoms with Gasteiger partial charge in [-0.15, -0.1) is 11.3 Å². The number of hydrogen-bond acceptors (Lipinski definition) is 7. The highest BCUT2D eigenvalue weighted by molar-refractivity contribution is 7.11. The monoisotopic (exact) mass is 582 g/mol. The average Bonchev–Trinajstić information content (AvgIpc) is 3.48. The van der Waals surface area contributed by atoms with Crippen LogP contribution in [0.5, 0.6) is 0 Å². The number of aromatic nitrogens is 3. The number of carboxylic acid groups (broad SMARTS) is 2. The molecule has 3 aromatic heterocycles. The zero-order valence-corrected chi connectivity index (χ0v) is 21.1. The molecule has 0 spiro atoms. The standard InChI is InChI=1S/C19H22N4OS.2C2HF3O2/c1-15-2-3-19(25-15)11-22-9-17-8-21-14-23(17)18(10-22)13-24-12-16-4-6-20-7-5-16;2*3-2(4,5)1(6)7/h2-8,14,18H,9-13H2,1H3;2*(H,6,7). The third-order valence-electron chi connectivity index (χ3n) is 4.98. The maximum absolute atomic E-state index is 10.6. The smallest absolute Gasteiger partial charge is 0.475 e. The normalized spacial score (nSPS) is 15.3. The highest BCUT2D eigenvalue weighted by Gasteiger charge is 2.38. The van der Waals surface area contributed by atoms with Gasteiger partial charge in [-0.05, 0) is 36.8 Å². The molecular weight excluding hydrogens is 558 g/mol. The van der Waals surface area contributed by atoms with Crippen molar-refractivity contribution < 1.29 is 50.9 Å². The van der Waals surface area contributed by atoms with E-state index in [2.05, 4.69) is 38.5 Å². The Morgan fingerprint density at radius 3 is 2.13 bits per heavy atom. The van der Waals surface area contributed by atoms with E-state index in [9.17, 15) is 26.3 Å². The van der Waals surface area contributed by atoms with Gasteiger partial charge in [0.2, 0.25) is 0 Å². The summed E-state index contributed by atoms with van der Waals surface area (Å²) in [5, 5.41) is 14.2. The summed E-state index contributed by atoms with van der Waals surface area (Å²) in [6, 6.07) is 8.72. The molecular formula is C23H24F6N4O5S. The summed E-state index contributed by atoms with van der Waals surface area (Å²) >= 11 is 1.88. The molecule has 1 aliphatic rings. The van der Waals surface area contributed by atoms with Gasteiger partial charge >= 0.3 is 24.3 Å². The van der Waals surface area contributed by atoms with Gasteiger partial charge in [0, 0.05) is 48.0 Å². The van der Waals surface area contributed by atoms with Gasteiger partial charge in [-0.2, -0.15) is 26.3 Å². The van der Waals surface area contributed by atoms with Crippen molar-refractivity contribution in [1.29, 1.82) is 0 Å². The molecule has 16 heteroatoms. The summed E-state index contributed by atoms with van der Waals surface area (Å²) in [5.41, 5.74) is 2.42. The number of aliphatic carboxylic acids is 2. The third kappa shape index (κ3) is 11.0. The topological polar surface area (TPSA) is 118 Å². The van der Waals surface area contributed by atoms with Crippen LogP contribution in [0.25, 0.3) is 0 Å². The first-order valence-electron chi connectivity index (χ1n) is 11.0. The number of halogens is 6. The number of hydrogen-bond donors (Lipinski definition) is 2. The quantitative estimate of drug-likeness (QED) is 0.402. The molecule has 1 unspecified atom stereocenters. The van der Waals surface area contributed by atoms with Crippen molar-refractivity contribution in [3.05, 3.63) is 70.2 Å². The number of carbonyl (C=O) groups is 2. The molecule has 214 valence electrons. The summed E-state index contributed by atoms with van der Waals surface area (Å²) in [4.78, 5) is 31.5. The lowest BCUT2D eigenvalue weighted by atomic mass is 10.2. The van der Waals surface area contributed by atoms with E-state index >= 15 is 0 Å². The molecule has 0 aromatic carbocycles. The first kappa shape index (κ1) is 31.7.